The van der Waals surface area contributed by atoms with Crippen LogP contribution in [0.1, 0.15) is 28.5 Å². The Balaban J connectivity index is 1.87. The van der Waals surface area contributed by atoms with Gasteiger partial charge >= 0.3 is 5.97 Å². The van der Waals surface area contributed by atoms with Gasteiger partial charge in [0, 0.05) is 5.38 Å². The van der Waals surface area contributed by atoms with Crippen molar-refractivity contribution in [3.63, 3.8) is 0 Å². The summed E-state index contributed by atoms with van der Waals surface area (Å²) in [7, 11) is 0. The number of carbonyl (C=O) groups is 3. The number of benzene rings is 2. The zero-order valence-corrected chi connectivity index (χ0v) is 16.7. The molecule has 0 spiro atoms. The summed E-state index contributed by atoms with van der Waals surface area (Å²) in [5.41, 5.74) is 1.66. The van der Waals surface area contributed by atoms with Gasteiger partial charge in [0.15, 0.2) is 10.8 Å². The van der Waals surface area contributed by atoms with E-state index >= 15 is 0 Å². The van der Waals surface area contributed by atoms with Crippen LogP contribution in [0.4, 0.5) is 5.13 Å². The second-order valence-corrected chi connectivity index (χ2v) is 7.02. The average Bonchev–Trinajstić information content (AvgIpc) is 3.19. The number of carbonyl (C=O) groups excluding carboxylic acids is 3. The molecule has 0 saturated carbocycles. The van der Waals surface area contributed by atoms with Crippen molar-refractivity contribution in [2.75, 3.05) is 11.5 Å². The fraction of sp³-hybridized carbons (Fsp3) is 0.182. The van der Waals surface area contributed by atoms with Crippen LogP contribution >= 0.6 is 11.3 Å². The molecule has 6 nitrogen and oxygen atoms in total. The van der Waals surface area contributed by atoms with Crippen molar-refractivity contribution in [3.8, 4) is 0 Å². The molecule has 0 bridgehead atoms. The third-order valence-electron chi connectivity index (χ3n) is 4.06. The van der Waals surface area contributed by atoms with Gasteiger partial charge in [-0.2, -0.15) is 0 Å². The van der Waals surface area contributed by atoms with Crippen LogP contribution in [0.3, 0.4) is 0 Å². The van der Waals surface area contributed by atoms with Crippen LogP contribution in [-0.2, 0) is 27.2 Å². The summed E-state index contributed by atoms with van der Waals surface area (Å²) >= 11 is 1.06. The van der Waals surface area contributed by atoms with Crippen molar-refractivity contribution < 1.29 is 19.1 Å². The molecule has 0 unspecified atom stereocenters. The minimum Gasteiger partial charge on any atom is -0.461 e. The number of imide groups is 1. The van der Waals surface area contributed by atoms with E-state index in [9.17, 15) is 14.4 Å². The van der Waals surface area contributed by atoms with Gasteiger partial charge in [0.05, 0.1) is 19.4 Å². The molecule has 0 aliphatic rings. The number of thiazole rings is 1. The Hall–Kier alpha value is -3.32. The lowest BCUT2D eigenvalue weighted by Gasteiger charge is -2.18. The van der Waals surface area contributed by atoms with Gasteiger partial charge in [0.2, 0.25) is 11.8 Å². The van der Waals surface area contributed by atoms with E-state index in [-0.39, 0.29) is 30.3 Å². The highest BCUT2D eigenvalue weighted by Gasteiger charge is 2.27. The van der Waals surface area contributed by atoms with Gasteiger partial charge in [-0.3, -0.25) is 9.59 Å². The maximum atomic E-state index is 13.0. The molecular weight excluding hydrogens is 388 g/mol. The molecule has 29 heavy (non-hydrogen) atoms. The van der Waals surface area contributed by atoms with Gasteiger partial charge in [-0.25, -0.2) is 14.7 Å². The Morgan fingerprint density at radius 3 is 1.90 bits per heavy atom. The van der Waals surface area contributed by atoms with E-state index in [1.165, 1.54) is 5.38 Å². The predicted octanol–water partition coefficient (Wildman–Crippen LogP) is 3.66. The summed E-state index contributed by atoms with van der Waals surface area (Å²) in [6.07, 6.45) is 0.103. The number of ether oxygens (including phenoxy) is 1. The van der Waals surface area contributed by atoms with Crippen LogP contribution in [0.15, 0.2) is 66.0 Å². The SMILES string of the molecule is CCOC(=O)c1csc(N(C(=O)Cc2ccccc2)C(=O)Cc2ccccc2)n1. The molecule has 3 aromatic rings. The number of nitrogens with zero attached hydrogens (tertiary/aromatic N) is 2. The number of esters is 1. The van der Waals surface area contributed by atoms with Crippen molar-refractivity contribution in [3.05, 3.63) is 82.9 Å². The van der Waals surface area contributed by atoms with Crippen molar-refractivity contribution >= 4 is 34.3 Å². The van der Waals surface area contributed by atoms with Gasteiger partial charge < -0.3 is 4.74 Å². The van der Waals surface area contributed by atoms with Crippen molar-refractivity contribution in [1.82, 2.24) is 4.98 Å². The third kappa shape index (κ3) is 5.36. The first-order chi connectivity index (χ1) is 14.1. The number of amides is 2. The molecule has 0 aliphatic heterocycles. The second-order valence-electron chi connectivity index (χ2n) is 6.18. The molecule has 2 amide bonds. The maximum Gasteiger partial charge on any atom is 0.357 e. The maximum absolute atomic E-state index is 13.0. The molecular formula is C22H20N2O4S. The highest BCUT2D eigenvalue weighted by Crippen LogP contribution is 2.23. The molecule has 1 aromatic heterocycles. The van der Waals surface area contributed by atoms with Gasteiger partial charge in [-0.05, 0) is 18.1 Å². The standard InChI is InChI=1S/C22H20N2O4S/c1-2-28-21(27)18-15-29-22(23-18)24(19(25)13-16-9-5-3-6-10-16)20(26)14-17-11-7-4-8-12-17/h3-12,15H,2,13-14H2,1H3. The Labute approximate surface area is 172 Å². The molecule has 148 valence electrons. The number of rotatable bonds is 7. The topological polar surface area (TPSA) is 76.6 Å². The lowest BCUT2D eigenvalue weighted by Crippen LogP contribution is -2.39. The molecule has 1 heterocycles. The summed E-state index contributed by atoms with van der Waals surface area (Å²) in [5.74, 6) is -1.38. The van der Waals surface area contributed by atoms with Crippen molar-refractivity contribution in [1.29, 1.82) is 0 Å². The first kappa shape index (κ1) is 20.4. The van der Waals surface area contributed by atoms with Crippen LogP contribution in [-0.4, -0.2) is 29.4 Å². The first-order valence-electron chi connectivity index (χ1n) is 9.14. The predicted molar refractivity (Wildman–Crippen MR) is 111 cm³/mol. The fourth-order valence-electron chi connectivity index (χ4n) is 2.72. The van der Waals surface area contributed by atoms with E-state index in [1.54, 1.807) is 6.92 Å². The summed E-state index contributed by atoms with van der Waals surface area (Å²) in [5, 5.41) is 1.65. The van der Waals surface area contributed by atoms with E-state index in [0.29, 0.717) is 0 Å². The monoisotopic (exact) mass is 408 g/mol. The zero-order valence-electron chi connectivity index (χ0n) is 15.9. The highest BCUT2D eigenvalue weighted by atomic mass is 32.1. The molecule has 0 aliphatic carbocycles. The van der Waals surface area contributed by atoms with Crippen LogP contribution < -0.4 is 4.90 Å². The number of anilines is 1. The molecule has 0 N–H and O–H groups in total. The fourth-order valence-corrected chi connectivity index (χ4v) is 3.54. The number of hydrogen-bond donors (Lipinski definition) is 0. The summed E-state index contributed by atoms with van der Waals surface area (Å²) in [6, 6.07) is 18.3. The van der Waals surface area contributed by atoms with Gasteiger partial charge in [0.1, 0.15) is 0 Å². The van der Waals surface area contributed by atoms with E-state index in [2.05, 4.69) is 4.98 Å². The largest absolute Gasteiger partial charge is 0.461 e. The average molecular weight is 408 g/mol. The lowest BCUT2D eigenvalue weighted by atomic mass is 10.1. The van der Waals surface area contributed by atoms with E-state index < -0.39 is 17.8 Å². The minimum atomic E-state index is -0.582. The molecule has 0 fully saturated rings. The summed E-state index contributed by atoms with van der Waals surface area (Å²) < 4.78 is 4.95. The Morgan fingerprint density at radius 2 is 1.41 bits per heavy atom. The summed E-state index contributed by atoms with van der Waals surface area (Å²) in [4.78, 5) is 43.2. The van der Waals surface area contributed by atoms with Crippen LogP contribution in [0.2, 0.25) is 0 Å². The third-order valence-corrected chi connectivity index (χ3v) is 4.89. The molecule has 7 heteroatoms. The van der Waals surface area contributed by atoms with Gasteiger partial charge in [0.25, 0.3) is 0 Å². The van der Waals surface area contributed by atoms with Crippen LogP contribution in [0.25, 0.3) is 0 Å². The second kappa shape index (κ2) is 9.75. The Bertz CT molecular complexity index is 933. The quantitative estimate of drug-likeness (QED) is 0.558. The molecule has 0 atom stereocenters. The summed E-state index contributed by atoms with van der Waals surface area (Å²) in [6.45, 7) is 1.92. The number of aromatic nitrogens is 1. The molecule has 2 aromatic carbocycles. The normalized spacial score (nSPS) is 10.4. The lowest BCUT2D eigenvalue weighted by molar-refractivity contribution is -0.125. The molecule has 3 rings (SSSR count). The van der Waals surface area contributed by atoms with E-state index in [0.717, 1.165) is 27.4 Å². The minimum absolute atomic E-state index is 0.0513. The first-order valence-corrected chi connectivity index (χ1v) is 10.0. The molecule has 0 radical (unpaired) electrons. The van der Waals surface area contributed by atoms with Crippen LogP contribution in [0.5, 0.6) is 0 Å². The Morgan fingerprint density at radius 1 is 0.897 bits per heavy atom. The van der Waals surface area contributed by atoms with Crippen LogP contribution in [0, 0.1) is 0 Å². The Kier molecular flexibility index (Phi) is 6.86. The molecule has 0 saturated heterocycles. The van der Waals surface area contributed by atoms with Crippen molar-refractivity contribution in [2.24, 2.45) is 0 Å². The van der Waals surface area contributed by atoms with Gasteiger partial charge in [-0.1, -0.05) is 60.7 Å². The smallest absolute Gasteiger partial charge is 0.357 e. The van der Waals surface area contributed by atoms with E-state index in [4.69, 9.17) is 4.74 Å². The zero-order chi connectivity index (χ0) is 20.6. The van der Waals surface area contributed by atoms with Crippen molar-refractivity contribution in [2.45, 2.75) is 19.8 Å². The van der Waals surface area contributed by atoms with E-state index in [1.807, 2.05) is 60.7 Å². The number of hydrogen-bond acceptors (Lipinski definition) is 6. The van der Waals surface area contributed by atoms with Gasteiger partial charge in [-0.15, -0.1) is 11.3 Å². The highest BCUT2D eigenvalue weighted by molar-refractivity contribution is 7.14.